The Kier molecular flexibility index (Phi) is 21.9. The summed E-state index contributed by atoms with van der Waals surface area (Å²) in [4.78, 5) is 40.5. The van der Waals surface area contributed by atoms with E-state index in [0.717, 1.165) is 51.4 Å². The average molecular weight is 931 g/mol. The molecule has 0 aromatic heterocycles. The molecule has 0 amide bonds. The molecule has 1 N–H and O–H groups in total. The first-order chi connectivity index (χ1) is 32.6. The van der Waals surface area contributed by atoms with Crippen LogP contribution in [-0.2, 0) is 38.1 Å². The fourth-order valence-electron chi connectivity index (χ4n) is 12.1. The third-order valence-electron chi connectivity index (χ3n) is 15.7. The van der Waals surface area contributed by atoms with Gasteiger partial charge >= 0.3 is 17.9 Å². The van der Waals surface area contributed by atoms with Crippen molar-refractivity contribution in [2.24, 2.45) is 0 Å². The van der Waals surface area contributed by atoms with E-state index in [1.165, 1.54) is 108 Å². The minimum absolute atomic E-state index is 0.0213. The average Bonchev–Trinajstić information content (AvgIpc) is 3.72. The summed E-state index contributed by atoms with van der Waals surface area (Å²) in [6.07, 6.45) is 25.0. The molecule has 374 valence electrons. The summed E-state index contributed by atoms with van der Waals surface area (Å²) in [7, 11) is 4.30. The number of carbonyl (C=O) groups excluding carboxylic acids is 3. The lowest BCUT2D eigenvalue weighted by Gasteiger charge is -2.56. The van der Waals surface area contributed by atoms with Crippen LogP contribution in [0.15, 0.2) is 60.7 Å². The third-order valence-corrected chi connectivity index (χ3v) is 15.7. The zero-order valence-electron chi connectivity index (χ0n) is 41.8. The lowest BCUT2D eigenvalue weighted by Crippen LogP contribution is -2.62. The predicted molar refractivity (Wildman–Crippen MR) is 263 cm³/mol. The molecule has 1 aliphatic carbocycles. The van der Waals surface area contributed by atoms with Crippen LogP contribution in [0.2, 0.25) is 0 Å². The van der Waals surface area contributed by atoms with Gasteiger partial charge in [-0.25, -0.2) is 0 Å². The lowest BCUT2D eigenvalue weighted by molar-refractivity contribution is -0.231. The molecule has 0 radical (unpaired) electrons. The van der Waals surface area contributed by atoms with E-state index in [1.807, 2.05) is 12.1 Å². The molecule has 2 aromatic rings. The van der Waals surface area contributed by atoms with Crippen molar-refractivity contribution >= 4 is 17.9 Å². The summed E-state index contributed by atoms with van der Waals surface area (Å²) >= 11 is 0. The number of benzene rings is 2. The topological polar surface area (TPSA) is 124 Å². The van der Waals surface area contributed by atoms with Crippen LogP contribution in [-0.4, -0.2) is 121 Å². The monoisotopic (exact) mass is 931 g/mol. The van der Waals surface area contributed by atoms with Gasteiger partial charge in [-0.2, -0.15) is 0 Å². The number of carbonyl (C=O) groups is 3. The minimum Gasteiger partial charge on any atom is -0.463 e. The number of unbranched alkanes of at least 4 members (excludes halogenated alkanes) is 14. The Morgan fingerprint density at radius 1 is 0.552 bits per heavy atom. The Morgan fingerprint density at radius 2 is 0.940 bits per heavy atom. The first kappa shape index (κ1) is 53.0. The van der Waals surface area contributed by atoms with Gasteiger partial charge < -0.3 is 28.8 Å². The Morgan fingerprint density at radius 3 is 1.31 bits per heavy atom. The number of fused-ring (bicyclic) bond motifs is 4. The molecule has 5 aliphatic rings. The Labute approximate surface area is 403 Å². The Bertz CT molecular complexity index is 1640. The van der Waals surface area contributed by atoms with Gasteiger partial charge in [-0.3, -0.25) is 24.2 Å². The second-order valence-corrected chi connectivity index (χ2v) is 20.3. The van der Waals surface area contributed by atoms with Crippen molar-refractivity contribution in [2.75, 3.05) is 27.3 Å². The van der Waals surface area contributed by atoms with Crippen LogP contribution in [0.5, 0.6) is 0 Å². The second-order valence-electron chi connectivity index (χ2n) is 20.3. The summed E-state index contributed by atoms with van der Waals surface area (Å²) < 4.78 is 31.3. The number of nitrogens with zero attached hydrogens (tertiary/aromatic N) is 2. The van der Waals surface area contributed by atoms with Crippen LogP contribution in [0, 0.1) is 0 Å². The van der Waals surface area contributed by atoms with Gasteiger partial charge in [-0.15, -0.1) is 0 Å². The van der Waals surface area contributed by atoms with Gasteiger partial charge in [0.2, 0.25) is 0 Å². The quantitative estimate of drug-likeness (QED) is 0.0551. The molecule has 4 aliphatic heterocycles. The fraction of sp³-hybridized carbons (Fsp3) is 0.732. The number of aliphatic hydroxyl groups is 1. The van der Waals surface area contributed by atoms with Gasteiger partial charge in [-0.05, 0) is 70.2 Å². The van der Waals surface area contributed by atoms with Gasteiger partial charge in [0, 0.05) is 56.3 Å². The molecule has 0 spiro atoms. The smallest absolute Gasteiger partial charge is 0.305 e. The number of likely N-dealkylation sites (N-methyl/N-ethyl adjacent to an activating group) is 2. The van der Waals surface area contributed by atoms with E-state index >= 15 is 0 Å². The van der Waals surface area contributed by atoms with Crippen LogP contribution in [0.3, 0.4) is 0 Å². The molecule has 4 saturated heterocycles. The zero-order valence-corrected chi connectivity index (χ0v) is 41.8. The number of hydrogen-bond donors (Lipinski definition) is 1. The lowest BCUT2D eigenvalue weighted by atomic mass is 9.62. The maximum atomic E-state index is 12.3. The standard InChI is InChI=1S/C36H46N2O6.C20H40O3/c1-21(39)41-33-27-17-15-25(37(27)3)19-29(33)43-35-31(23-11-7-5-8-12-23)36(32(35)24-13-9-6-10-14-24)44-30-20-26-16-18-28(38(26)4)34(30)42-22(2)40;1-2-3-4-5-6-7-8-9-10-11-12-13-14-15-16-17-20(22)23-19-18-21/h5-14,25-36H,15-20H2,1-4H3;21H,2-19H2,1H3. The van der Waals surface area contributed by atoms with Crippen LogP contribution < -0.4 is 0 Å². The summed E-state index contributed by atoms with van der Waals surface area (Å²) in [5, 5.41) is 8.54. The highest BCUT2D eigenvalue weighted by Gasteiger charge is 2.59. The largest absolute Gasteiger partial charge is 0.463 e. The van der Waals surface area contributed by atoms with Crippen molar-refractivity contribution in [3.63, 3.8) is 0 Å². The number of esters is 3. The molecule has 1 saturated carbocycles. The van der Waals surface area contributed by atoms with Crippen molar-refractivity contribution in [2.45, 2.75) is 235 Å². The van der Waals surface area contributed by atoms with Gasteiger partial charge in [0.05, 0.1) is 31.0 Å². The van der Waals surface area contributed by atoms with Crippen LogP contribution in [0.1, 0.15) is 185 Å². The van der Waals surface area contributed by atoms with E-state index in [0.29, 0.717) is 18.5 Å². The third kappa shape index (κ3) is 15.1. The molecular formula is C56H86N2O9. The number of piperidine rings is 2. The van der Waals surface area contributed by atoms with E-state index in [1.54, 1.807) is 0 Å². The molecule has 11 heteroatoms. The molecule has 7 rings (SSSR count). The molecule has 4 heterocycles. The minimum atomic E-state index is -0.304. The molecule has 2 aromatic carbocycles. The number of ether oxygens (including phenoxy) is 5. The number of hydrogen-bond acceptors (Lipinski definition) is 11. The summed E-state index contributed by atoms with van der Waals surface area (Å²) in [6, 6.07) is 22.2. The summed E-state index contributed by atoms with van der Waals surface area (Å²) in [5.74, 6) is -0.734. The van der Waals surface area contributed by atoms with Gasteiger partial charge in [-0.1, -0.05) is 157 Å². The summed E-state index contributed by atoms with van der Waals surface area (Å²) in [6.45, 7) is 5.33. The van der Waals surface area contributed by atoms with Crippen molar-refractivity contribution in [3.05, 3.63) is 71.8 Å². The number of rotatable bonds is 26. The predicted octanol–water partition coefficient (Wildman–Crippen LogP) is 10.5. The highest BCUT2D eigenvalue weighted by Crippen LogP contribution is 2.54. The van der Waals surface area contributed by atoms with E-state index in [-0.39, 0.29) is 91.7 Å². The molecule has 8 unspecified atom stereocenters. The highest BCUT2D eigenvalue weighted by molar-refractivity contribution is 5.69. The Balaban J connectivity index is 0.000000275. The van der Waals surface area contributed by atoms with Crippen molar-refractivity contribution in [3.8, 4) is 0 Å². The van der Waals surface area contributed by atoms with E-state index in [9.17, 15) is 14.4 Å². The van der Waals surface area contributed by atoms with Crippen LogP contribution >= 0.6 is 0 Å². The zero-order chi connectivity index (χ0) is 47.5. The van der Waals surface area contributed by atoms with E-state index in [2.05, 4.69) is 79.3 Å². The first-order valence-corrected chi connectivity index (χ1v) is 26.6. The van der Waals surface area contributed by atoms with Crippen molar-refractivity contribution < 1.29 is 43.2 Å². The van der Waals surface area contributed by atoms with Gasteiger partial charge in [0.25, 0.3) is 0 Å². The number of aliphatic hydroxyl groups excluding tert-OH is 1. The van der Waals surface area contributed by atoms with E-state index in [4.69, 9.17) is 28.8 Å². The fourth-order valence-corrected chi connectivity index (χ4v) is 12.1. The first-order valence-electron chi connectivity index (χ1n) is 26.6. The molecule has 67 heavy (non-hydrogen) atoms. The highest BCUT2D eigenvalue weighted by atomic mass is 16.6. The molecular weight excluding hydrogens is 845 g/mol. The van der Waals surface area contributed by atoms with E-state index < -0.39 is 0 Å². The molecule has 11 nitrogen and oxygen atoms in total. The van der Waals surface area contributed by atoms with Crippen LogP contribution in [0.4, 0.5) is 0 Å². The molecule has 8 atom stereocenters. The van der Waals surface area contributed by atoms with Crippen LogP contribution in [0.25, 0.3) is 0 Å². The SMILES string of the molecule is CC(=O)OC1C(OC2C(c3ccccc3)C(OC3CC4CCC(C3OC(C)=O)N4C)C2c2ccccc2)CC2CCC1N2C.CCCCCCCCCCCCCCCCCC(=O)OCCO. The second kappa shape index (κ2) is 27.7. The van der Waals surface area contributed by atoms with Gasteiger partial charge in [0.1, 0.15) is 18.8 Å². The van der Waals surface area contributed by atoms with Gasteiger partial charge in [0.15, 0.2) is 0 Å². The maximum Gasteiger partial charge on any atom is 0.305 e. The molecule has 5 fully saturated rings. The Hall–Kier alpha value is -3.35. The molecule has 4 bridgehead atoms. The maximum absolute atomic E-state index is 12.3. The van der Waals surface area contributed by atoms with Crippen molar-refractivity contribution in [1.82, 2.24) is 9.80 Å². The normalized spacial score (nSPS) is 29.9. The van der Waals surface area contributed by atoms with Crippen molar-refractivity contribution in [1.29, 1.82) is 0 Å². The summed E-state index contributed by atoms with van der Waals surface area (Å²) in [5.41, 5.74) is 2.35.